The van der Waals surface area contributed by atoms with Crippen molar-refractivity contribution >= 4 is 0 Å². The monoisotopic (exact) mass is 258 g/mol. The summed E-state index contributed by atoms with van der Waals surface area (Å²) in [6.07, 6.45) is 3.82. The minimum absolute atomic E-state index is 0.0670. The van der Waals surface area contributed by atoms with Crippen LogP contribution in [0.1, 0.15) is 36.2 Å². The van der Waals surface area contributed by atoms with Gasteiger partial charge in [0, 0.05) is 13.1 Å². The van der Waals surface area contributed by atoms with E-state index in [4.69, 9.17) is 0 Å². The Morgan fingerprint density at radius 1 is 1.47 bits per heavy atom. The van der Waals surface area contributed by atoms with Crippen LogP contribution >= 0.6 is 0 Å². The standard InChI is InChI=1S/C14H18N4O/c1-2-7-18-13(9-16-17-18)14-12-8-11(19)4-3-10(12)5-6-15-14/h3-4,8-9,14-15,19H,2,5-7H2,1H3. The number of fused-ring (bicyclic) bond motifs is 1. The molecule has 0 fully saturated rings. The van der Waals surface area contributed by atoms with E-state index in [0.29, 0.717) is 5.75 Å². The van der Waals surface area contributed by atoms with Crippen LogP contribution in [0.5, 0.6) is 5.75 Å². The molecule has 100 valence electrons. The number of nitrogens with zero attached hydrogens (tertiary/aromatic N) is 3. The van der Waals surface area contributed by atoms with Crippen LogP contribution in [0, 0.1) is 0 Å². The quantitative estimate of drug-likeness (QED) is 0.878. The third kappa shape index (κ3) is 2.21. The summed E-state index contributed by atoms with van der Waals surface area (Å²) in [5.74, 6) is 0.307. The van der Waals surface area contributed by atoms with Gasteiger partial charge in [-0.05, 0) is 36.1 Å². The topological polar surface area (TPSA) is 63.0 Å². The van der Waals surface area contributed by atoms with Gasteiger partial charge >= 0.3 is 0 Å². The number of hydrogen-bond acceptors (Lipinski definition) is 4. The van der Waals surface area contributed by atoms with Crippen LogP contribution < -0.4 is 5.32 Å². The lowest BCUT2D eigenvalue weighted by Crippen LogP contribution is -2.32. The Morgan fingerprint density at radius 3 is 3.21 bits per heavy atom. The highest BCUT2D eigenvalue weighted by Crippen LogP contribution is 2.30. The molecule has 1 aliphatic heterocycles. The molecule has 19 heavy (non-hydrogen) atoms. The highest BCUT2D eigenvalue weighted by molar-refractivity contribution is 5.41. The summed E-state index contributed by atoms with van der Waals surface area (Å²) in [7, 11) is 0. The molecule has 1 unspecified atom stereocenters. The summed E-state index contributed by atoms with van der Waals surface area (Å²) in [6, 6.07) is 5.67. The maximum absolute atomic E-state index is 9.71. The van der Waals surface area contributed by atoms with Gasteiger partial charge in [-0.2, -0.15) is 0 Å². The predicted octanol–water partition coefficient (Wildman–Crippen LogP) is 1.63. The van der Waals surface area contributed by atoms with Gasteiger partial charge in [0.2, 0.25) is 0 Å². The highest BCUT2D eigenvalue weighted by atomic mass is 16.3. The van der Waals surface area contributed by atoms with Crippen molar-refractivity contribution in [1.82, 2.24) is 20.3 Å². The number of benzene rings is 1. The lowest BCUT2D eigenvalue weighted by atomic mass is 9.92. The van der Waals surface area contributed by atoms with E-state index >= 15 is 0 Å². The van der Waals surface area contributed by atoms with Gasteiger partial charge in [-0.25, -0.2) is 4.68 Å². The first-order valence-corrected chi connectivity index (χ1v) is 6.73. The normalized spacial score (nSPS) is 18.3. The molecule has 0 aliphatic carbocycles. The fourth-order valence-electron chi connectivity index (χ4n) is 2.68. The molecule has 1 aromatic heterocycles. The van der Waals surface area contributed by atoms with Gasteiger partial charge in [0.1, 0.15) is 5.75 Å². The fourth-order valence-corrected chi connectivity index (χ4v) is 2.68. The molecule has 2 N–H and O–H groups in total. The van der Waals surface area contributed by atoms with E-state index < -0.39 is 0 Å². The van der Waals surface area contributed by atoms with Crippen molar-refractivity contribution in [3.63, 3.8) is 0 Å². The van der Waals surface area contributed by atoms with Crippen molar-refractivity contribution in [2.24, 2.45) is 0 Å². The van der Waals surface area contributed by atoms with Gasteiger partial charge in [-0.3, -0.25) is 0 Å². The second-order valence-electron chi connectivity index (χ2n) is 4.90. The maximum Gasteiger partial charge on any atom is 0.115 e. The largest absolute Gasteiger partial charge is 0.508 e. The van der Waals surface area contributed by atoms with Gasteiger partial charge in [0.15, 0.2) is 0 Å². The Balaban J connectivity index is 2.03. The molecule has 1 aromatic carbocycles. The number of aromatic hydroxyl groups is 1. The van der Waals surface area contributed by atoms with Gasteiger partial charge in [0.05, 0.1) is 17.9 Å². The van der Waals surface area contributed by atoms with E-state index in [1.54, 1.807) is 6.07 Å². The van der Waals surface area contributed by atoms with Gasteiger partial charge < -0.3 is 10.4 Å². The number of phenols is 1. The lowest BCUT2D eigenvalue weighted by molar-refractivity contribution is 0.464. The second kappa shape index (κ2) is 5.01. The molecule has 0 saturated heterocycles. The van der Waals surface area contributed by atoms with E-state index in [9.17, 15) is 5.11 Å². The summed E-state index contributed by atoms with van der Waals surface area (Å²) in [5.41, 5.74) is 3.48. The summed E-state index contributed by atoms with van der Waals surface area (Å²) in [4.78, 5) is 0. The van der Waals surface area contributed by atoms with Crippen molar-refractivity contribution in [1.29, 1.82) is 0 Å². The molecule has 0 saturated carbocycles. The summed E-state index contributed by atoms with van der Waals surface area (Å²) in [5, 5.41) is 21.4. The van der Waals surface area contributed by atoms with E-state index in [2.05, 4.69) is 22.6 Å². The smallest absolute Gasteiger partial charge is 0.115 e. The zero-order valence-electron chi connectivity index (χ0n) is 11.0. The predicted molar refractivity (Wildman–Crippen MR) is 72.0 cm³/mol. The lowest BCUT2D eigenvalue weighted by Gasteiger charge is -2.27. The Hall–Kier alpha value is -1.88. The van der Waals surface area contributed by atoms with Crippen molar-refractivity contribution in [3.05, 3.63) is 41.2 Å². The van der Waals surface area contributed by atoms with Crippen LogP contribution in [-0.4, -0.2) is 26.6 Å². The number of aryl methyl sites for hydroxylation is 1. The number of phenolic OH excluding ortho intramolecular Hbond substituents is 1. The molecule has 5 heteroatoms. The number of hydrogen-bond donors (Lipinski definition) is 2. The Bertz CT molecular complexity index is 579. The first-order chi connectivity index (χ1) is 9.29. The number of aromatic nitrogens is 3. The van der Waals surface area contributed by atoms with Crippen LogP contribution in [0.3, 0.4) is 0 Å². The SMILES string of the molecule is CCCn1nncc1C1NCCc2ccc(O)cc21. The van der Waals surface area contributed by atoms with E-state index in [1.807, 2.05) is 23.0 Å². The average Bonchev–Trinajstić information content (AvgIpc) is 2.86. The maximum atomic E-state index is 9.71. The zero-order valence-corrected chi connectivity index (χ0v) is 11.0. The molecular formula is C14H18N4O. The van der Waals surface area contributed by atoms with Crippen LogP contribution in [0.4, 0.5) is 0 Å². The summed E-state index contributed by atoms with van der Waals surface area (Å²) in [6.45, 7) is 3.92. The first kappa shape index (κ1) is 12.2. The van der Waals surface area contributed by atoms with Gasteiger partial charge in [0.25, 0.3) is 0 Å². The molecule has 1 atom stereocenters. The van der Waals surface area contributed by atoms with Gasteiger partial charge in [-0.1, -0.05) is 18.2 Å². The third-order valence-electron chi connectivity index (χ3n) is 3.56. The average molecular weight is 258 g/mol. The van der Waals surface area contributed by atoms with Crippen LogP contribution in [-0.2, 0) is 13.0 Å². The molecule has 2 heterocycles. The zero-order chi connectivity index (χ0) is 13.2. The molecule has 3 rings (SSSR count). The van der Waals surface area contributed by atoms with Crippen molar-refractivity contribution in [3.8, 4) is 5.75 Å². The summed E-state index contributed by atoms with van der Waals surface area (Å²) < 4.78 is 1.94. The van der Waals surface area contributed by atoms with Crippen LogP contribution in [0.2, 0.25) is 0 Å². The van der Waals surface area contributed by atoms with Crippen molar-refractivity contribution < 1.29 is 5.11 Å². The van der Waals surface area contributed by atoms with Crippen LogP contribution in [0.15, 0.2) is 24.4 Å². The number of rotatable bonds is 3. The molecule has 0 amide bonds. The summed E-state index contributed by atoms with van der Waals surface area (Å²) >= 11 is 0. The molecule has 5 nitrogen and oxygen atoms in total. The fraction of sp³-hybridized carbons (Fsp3) is 0.429. The van der Waals surface area contributed by atoms with Crippen LogP contribution in [0.25, 0.3) is 0 Å². The Kier molecular flexibility index (Phi) is 3.21. The highest BCUT2D eigenvalue weighted by Gasteiger charge is 2.24. The van der Waals surface area contributed by atoms with E-state index in [0.717, 1.165) is 37.2 Å². The van der Waals surface area contributed by atoms with Crippen molar-refractivity contribution in [2.45, 2.75) is 32.4 Å². The first-order valence-electron chi connectivity index (χ1n) is 6.73. The van der Waals surface area contributed by atoms with E-state index in [-0.39, 0.29) is 6.04 Å². The molecule has 1 aliphatic rings. The molecular weight excluding hydrogens is 240 g/mol. The molecule has 0 spiro atoms. The Labute approximate surface area is 112 Å². The van der Waals surface area contributed by atoms with E-state index in [1.165, 1.54) is 5.56 Å². The minimum Gasteiger partial charge on any atom is -0.508 e. The molecule has 0 radical (unpaired) electrons. The minimum atomic E-state index is 0.0670. The molecule has 0 bridgehead atoms. The van der Waals surface area contributed by atoms with Crippen molar-refractivity contribution in [2.75, 3.05) is 6.54 Å². The third-order valence-corrected chi connectivity index (χ3v) is 3.56. The molecule has 2 aromatic rings. The number of nitrogens with one attached hydrogen (secondary N) is 1. The second-order valence-corrected chi connectivity index (χ2v) is 4.90. The van der Waals surface area contributed by atoms with Gasteiger partial charge in [-0.15, -0.1) is 5.10 Å². The Morgan fingerprint density at radius 2 is 2.37 bits per heavy atom.